The lowest BCUT2D eigenvalue weighted by molar-refractivity contribution is -0.117. The summed E-state index contributed by atoms with van der Waals surface area (Å²) in [5, 5.41) is 0. The number of anilines is 1. The topological polar surface area (TPSA) is 86.1 Å². The van der Waals surface area contributed by atoms with Crippen molar-refractivity contribution < 1.29 is 28.3 Å². The number of hydrogen-bond donors (Lipinski definition) is 0. The monoisotopic (exact) mass is 343 g/mol. The summed E-state index contributed by atoms with van der Waals surface area (Å²) >= 11 is 0. The molecule has 130 valence electrons. The van der Waals surface area contributed by atoms with Gasteiger partial charge in [-0.1, -0.05) is 0 Å². The standard InChI is InChI=1S/C18H17NO6/c1-23-18(22)16-13(8-10-24-16)11-25-17(21)12-4-6-14(7-5-12)19-9-2-3-15(19)20/h4-8,10H,2-3,9,11H2,1H3. The average Bonchev–Trinajstić information content (AvgIpc) is 3.28. The van der Waals surface area contributed by atoms with Crippen molar-refractivity contribution in [2.24, 2.45) is 0 Å². The predicted molar refractivity (Wildman–Crippen MR) is 87.2 cm³/mol. The Bertz CT molecular complexity index is 792. The number of ether oxygens (including phenoxy) is 2. The Morgan fingerprint density at radius 1 is 1.16 bits per heavy atom. The van der Waals surface area contributed by atoms with Crippen LogP contribution in [0.2, 0.25) is 0 Å². The van der Waals surface area contributed by atoms with E-state index < -0.39 is 11.9 Å². The molecule has 0 unspecified atom stereocenters. The first-order chi connectivity index (χ1) is 12.1. The number of methoxy groups -OCH3 is 1. The van der Waals surface area contributed by atoms with Crippen molar-refractivity contribution in [3.8, 4) is 0 Å². The molecule has 0 N–H and O–H groups in total. The van der Waals surface area contributed by atoms with Crippen LogP contribution in [0.5, 0.6) is 0 Å². The predicted octanol–water partition coefficient (Wildman–Crippen LogP) is 2.55. The molecule has 2 aromatic rings. The van der Waals surface area contributed by atoms with Gasteiger partial charge in [0.05, 0.1) is 18.9 Å². The Kier molecular flexibility index (Phi) is 4.83. The Morgan fingerprint density at radius 2 is 1.92 bits per heavy atom. The molecule has 1 aromatic carbocycles. The van der Waals surface area contributed by atoms with Crippen LogP contribution >= 0.6 is 0 Å². The number of hydrogen-bond acceptors (Lipinski definition) is 6. The first kappa shape index (κ1) is 16.8. The van der Waals surface area contributed by atoms with E-state index in [1.54, 1.807) is 35.2 Å². The molecule has 25 heavy (non-hydrogen) atoms. The SMILES string of the molecule is COC(=O)c1occc1COC(=O)c1ccc(N2CCCC2=O)cc1. The number of furan rings is 1. The fourth-order valence-electron chi connectivity index (χ4n) is 2.65. The van der Waals surface area contributed by atoms with Gasteiger partial charge in [0.2, 0.25) is 11.7 Å². The third kappa shape index (κ3) is 3.55. The van der Waals surface area contributed by atoms with Crippen molar-refractivity contribution in [2.75, 3.05) is 18.6 Å². The Hall–Kier alpha value is -3.09. The smallest absolute Gasteiger partial charge is 0.374 e. The van der Waals surface area contributed by atoms with Crippen LogP contribution in [0.15, 0.2) is 41.0 Å². The molecule has 1 fully saturated rings. The normalized spacial score (nSPS) is 13.8. The average molecular weight is 343 g/mol. The lowest BCUT2D eigenvalue weighted by atomic mass is 10.2. The highest BCUT2D eigenvalue weighted by Gasteiger charge is 2.22. The van der Waals surface area contributed by atoms with Crippen LogP contribution in [-0.4, -0.2) is 31.5 Å². The lowest BCUT2D eigenvalue weighted by Crippen LogP contribution is -2.23. The number of esters is 2. The van der Waals surface area contributed by atoms with Crippen molar-refractivity contribution in [1.82, 2.24) is 0 Å². The largest absolute Gasteiger partial charge is 0.463 e. The molecule has 7 nitrogen and oxygen atoms in total. The van der Waals surface area contributed by atoms with Crippen LogP contribution in [0.1, 0.15) is 39.3 Å². The Labute approximate surface area is 144 Å². The summed E-state index contributed by atoms with van der Waals surface area (Å²) < 4.78 is 14.8. The van der Waals surface area contributed by atoms with E-state index in [1.165, 1.54) is 13.4 Å². The quantitative estimate of drug-likeness (QED) is 0.776. The summed E-state index contributed by atoms with van der Waals surface area (Å²) in [5.41, 5.74) is 1.56. The summed E-state index contributed by atoms with van der Waals surface area (Å²) in [6.45, 7) is 0.589. The molecule has 7 heteroatoms. The molecule has 0 aliphatic carbocycles. The van der Waals surface area contributed by atoms with Gasteiger partial charge in [0.1, 0.15) is 6.61 Å². The second-order valence-electron chi connectivity index (χ2n) is 5.54. The minimum atomic E-state index is -0.629. The number of benzene rings is 1. The zero-order valence-electron chi connectivity index (χ0n) is 13.7. The first-order valence-corrected chi connectivity index (χ1v) is 7.82. The van der Waals surface area contributed by atoms with Crippen molar-refractivity contribution in [2.45, 2.75) is 19.4 Å². The van der Waals surface area contributed by atoms with Crippen LogP contribution in [0.4, 0.5) is 5.69 Å². The number of rotatable bonds is 5. The first-order valence-electron chi connectivity index (χ1n) is 7.82. The van der Waals surface area contributed by atoms with Crippen molar-refractivity contribution >= 4 is 23.5 Å². The zero-order chi connectivity index (χ0) is 17.8. The van der Waals surface area contributed by atoms with E-state index in [9.17, 15) is 14.4 Å². The molecule has 2 heterocycles. The van der Waals surface area contributed by atoms with Gasteiger partial charge in [-0.05, 0) is 36.8 Å². The minimum absolute atomic E-state index is 0.0122. The van der Waals surface area contributed by atoms with Gasteiger partial charge in [-0.3, -0.25) is 4.79 Å². The van der Waals surface area contributed by atoms with Crippen molar-refractivity contribution in [1.29, 1.82) is 0 Å². The maximum atomic E-state index is 12.1. The number of amides is 1. The second kappa shape index (κ2) is 7.21. The van der Waals surface area contributed by atoms with E-state index in [2.05, 4.69) is 4.74 Å². The zero-order valence-corrected chi connectivity index (χ0v) is 13.7. The van der Waals surface area contributed by atoms with Crippen LogP contribution in [-0.2, 0) is 20.9 Å². The fourth-order valence-corrected chi connectivity index (χ4v) is 2.65. The maximum absolute atomic E-state index is 12.1. The van der Waals surface area contributed by atoms with Gasteiger partial charge >= 0.3 is 11.9 Å². The van der Waals surface area contributed by atoms with Crippen LogP contribution < -0.4 is 4.90 Å². The highest BCUT2D eigenvalue weighted by molar-refractivity contribution is 5.96. The summed E-state index contributed by atoms with van der Waals surface area (Å²) in [5.74, 6) is -1.06. The molecule has 0 bridgehead atoms. The third-order valence-corrected chi connectivity index (χ3v) is 3.96. The molecule has 0 radical (unpaired) electrons. The van der Waals surface area contributed by atoms with Gasteiger partial charge in [-0.25, -0.2) is 9.59 Å². The second-order valence-corrected chi connectivity index (χ2v) is 5.54. The molecule has 1 aromatic heterocycles. The van der Waals surface area contributed by atoms with Gasteiger partial charge in [0.15, 0.2) is 0 Å². The number of carbonyl (C=O) groups is 3. The van der Waals surface area contributed by atoms with Gasteiger partial charge in [0.25, 0.3) is 0 Å². The highest BCUT2D eigenvalue weighted by atomic mass is 16.5. The molecule has 1 aliphatic heterocycles. The van der Waals surface area contributed by atoms with Crippen molar-refractivity contribution in [3.05, 3.63) is 53.5 Å². The molecular formula is C18H17NO6. The van der Waals surface area contributed by atoms with Crippen LogP contribution in [0.25, 0.3) is 0 Å². The van der Waals surface area contributed by atoms with Crippen molar-refractivity contribution in [3.63, 3.8) is 0 Å². The minimum Gasteiger partial charge on any atom is -0.463 e. The maximum Gasteiger partial charge on any atom is 0.374 e. The van der Waals surface area contributed by atoms with E-state index in [1.807, 2.05) is 0 Å². The van der Waals surface area contributed by atoms with E-state index in [-0.39, 0.29) is 18.3 Å². The molecule has 0 spiro atoms. The van der Waals surface area contributed by atoms with Gasteiger partial charge < -0.3 is 18.8 Å². The van der Waals surface area contributed by atoms with Gasteiger partial charge in [0, 0.05) is 24.2 Å². The van der Waals surface area contributed by atoms with Gasteiger partial charge in [-0.2, -0.15) is 0 Å². The molecular weight excluding hydrogens is 326 g/mol. The van der Waals surface area contributed by atoms with E-state index in [4.69, 9.17) is 9.15 Å². The highest BCUT2D eigenvalue weighted by Crippen LogP contribution is 2.22. The molecule has 0 atom stereocenters. The lowest BCUT2D eigenvalue weighted by Gasteiger charge is -2.15. The molecule has 1 amide bonds. The van der Waals surface area contributed by atoms with Crippen LogP contribution in [0, 0.1) is 0 Å². The summed E-state index contributed by atoms with van der Waals surface area (Å²) in [4.78, 5) is 37.1. The Balaban J connectivity index is 1.63. The van der Waals surface area contributed by atoms with Crippen LogP contribution in [0.3, 0.4) is 0 Å². The molecule has 0 saturated carbocycles. The van der Waals surface area contributed by atoms with E-state index >= 15 is 0 Å². The fraction of sp³-hybridized carbons (Fsp3) is 0.278. The molecule has 1 saturated heterocycles. The summed E-state index contributed by atoms with van der Waals surface area (Å²) in [6.07, 6.45) is 2.73. The third-order valence-electron chi connectivity index (χ3n) is 3.96. The molecule has 3 rings (SSSR count). The van der Waals surface area contributed by atoms with Gasteiger partial charge in [-0.15, -0.1) is 0 Å². The van der Waals surface area contributed by atoms with E-state index in [0.29, 0.717) is 24.1 Å². The summed E-state index contributed by atoms with van der Waals surface area (Å²) in [6, 6.07) is 8.20. The molecule has 1 aliphatic rings. The number of nitrogens with zero attached hydrogens (tertiary/aromatic N) is 1. The Morgan fingerprint density at radius 3 is 2.56 bits per heavy atom. The summed E-state index contributed by atoms with van der Waals surface area (Å²) in [7, 11) is 1.24. The number of carbonyl (C=O) groups excluding carboxylic acids is 3. The van der Waals surface area contributed by atoms with E-state index in [0.717, 1.165) is 12.1 Å².